The molecule has 12 nitrogen and oxygen atoms in total. The summed E-state index contributed by atoms with van der Waals surface area (Å²) in [5.74, 6) is -2.67. The lowest BCUT2D eigenvalue weighted by molar-refractivity contribution is -0.157. The molecule has 3 aromatic rings. The number of carboxylic acids is 2. The highest BCUT2D eigenvalue weighted by Gasteiger charge is 2.35. The molecule has 2 atom stereocenters. The molecule has 1 aromatic heterocycles. The third-order valence-corrected chi connectivity index (χ3v) is 7.92. The van der Waals surface area contributed by atoms with Gasteiger partial charge in [0.25, 0.3) is 11.5 Å². The standard InChI is InChI=1S/C33H40N4O8/c1-20-34-26-17-22-15-16-25(23(22)18-24(26)30(41)36(20)19-45-32(44)33(2,3)4)35-37(29(40)21-11-7-5-8-12-21)27(31(42)43)13-9-6-10-14-28(38)39/h5,7-8,11-12,17-18,25,27,35H,6,9-10,13-16,19H2,1-4H3,(H,38,39)(H,42,43). The molecular formula is C33H40N4O8. The topological polar surface area (TPSA) is 168 Å². The SMILES string of the molecule is Cc1nc2cc3c(cc2c(=O)n1COC(=O)C(C)(C)C)C(NN(C(=O)c1ccccc1)C(CCCCCC(=O)O)C(=O)O)CC3. The zero-order chi connectivity index (χ0) is 32.9. The van der Waals surface area contributed by atoms with E-state index in [9.17, 15) is 29.1 Å². The Morgan fingerprint density at radius 3 is 2.44 bits per heavy atom. The van der Waals surface area contributed by atoms with Crippen LogP contribution in [0.15, 0.2) is 47.3 Å². The number of rotatable bonds is 13. The van der Waals surface area contributed by atoms with Crippen LogP contribution >= 0.6 is 0 Å². The number of nitrogens with zero attached hydrogens (tertiary/aromatic N) is 3. The first kappa shape index (κ1) is 33.3. The number of unbranched alkanes of at least 4 members (excludes halogenated alkanes) is 2. The van der Waals surface area contributed by atoms with Crippen molar-refractivity contribution in [1.29, 1.82) is 0 Å². The van der Waals surface area contributed by atoms with Crippen molar-refractivity contribution in [3.05, 3.63) is 75.3 Å². The molecule has 0 aliphatic heterocycles. The maximum atomic E-state index is 13.7. The number of ether oxygens (including phenoxy) is 1. The van der Waals surface area contributed by atoms with Crippen LogP contribution in [0.2, 0.25) is 0 Å². The summed E-state index contributed by atoms with van der Waals surface area (Å²) in [5, 5.41) is 20.6. The quantitative estimate of drug-likeness (QED) is 0.142. The van der Waals surface area contributed by atoms with Gasteiger partial charge in [-0.1, -0.05) is 31.0 Å². The smallest absolute Gasteiger partial charge is 0.328 e. The van der Waals surface area contributed by atoms with Crippen LogP contribution in [0.1, 0.15) is 92.6 Å². The Hall–Kier alpha value is -4.58. The minimum Gasteiger partial charge on any atom is -0.481 e. The molecule has 0 radical (unpaired) electrons. The second-order valence-electron chi connectivity index (χ2n) is 12.4. The van der Waals surface area contributed by atoms with Gasteiger partial charge in [0.05, 0.1) is 22.4 Å². The van der Waals surface area contributed by atoms with Gasteiger partial charge < -0.3 is 14.9 Å². The maximum absolute atomic E-state index is 13.7. The van der Waals surface area contributed by atoms with Gasteiger partial charge in [-0.05, 0) is 88.8 Å². The van der Waals surface area contributed by atoms with Crippen molar-refractivity contribution in [3.8, 4) is 0 Å². The number of carboxylic acid groups (broad SMARTS) is 2. The first-order chi connectivity index (χ1) is 21.3. The average Bonchev–Trinajstić information content (AvgIpc) is 3.37. The lowest BCUT2D eigenvalue weighted by Crippen LogP contribution is -2.53. The number of aromatic nitrogens is 2. The fourth-order valence-corrected chi connectivity index (χ4v) is 5.39. The lowest BCUT2D eigenvalue weighted by Gasteiger charge is -2.32. The number of aliphatic carboxylic acids is 2. The van der Waals surface area contributed by atoms with Gasteiger partial charge in [-0.25, -0.2) is 15.2 Å². The molecule has 2 unspecified atom stereocenters. The predicted molar refractivity (Wildman–Crippen MR) is 165 cm³/mol. The Balaban J connectivity index is 1.65. The Labute approximate surface area is 261 Å². The van der Waals surface area contributed by atoms with Gasteiger partial charge in [-0.2, -0.15) is 0 Å². The Bertz CT molecular complexity index is 1640. The van der Waals surface area contributed by atoms with E-state index < -0.39 is 41.3 Å². The van der Waals surface area contributed by atoms with Crippen molar-refractivity contribution in [1.82, 2.24) is 20.0 Å². The maximum Gasteiger partial charge on any atom is 0.328 e. The second kappa shape index (κ2) is 14.0. The monoisotopic (exact) mass is 620 g/mol. The zero-order valence-corrected chi connectivity index (χ0v) is 26.0. The second-order valence-corrected chi connectivity index (χ2v) is 12.4. The van der Waals surface area contributed by atoms with E-state index in [1.807, 2.05) is 6.07 Å². The highest BCUT2D eigenvalue weighted by molar-refractivity contribution is 5.96. The number of carbonyl (C=O) groups excluding carboxylic acids is 2. The number of amides is 1. The van der Waals surface area contributed by atoms with Gasteiger partial charge in [-0.15, -0.1) is 0 Å². The number of aryl methyl sites for hydroxylation is 2. The van der Waals surface area contributed by atoms with Crippen LogP contribution in [0.25, 0.3) is 10.9 Å². The van der Waals surface area contributed by atoms with E-state index in [4.69, 9.17) is 9.84 Å². The van der Waals surface area contributed by atoms with Gasteiger partial charge in [0.1, 0.15) is 11.9 Å². The van der Waals surface area contributed by atoms with Crippen molar-refractivity contribution < 1.29 is 34.1 Å². The normalized spacial score (nSPS) is 15.0. The fourth-order valence-electron chi connectivity index (χ4n) is 5.39. The fraction of sp³-hybridized carbons (Fsp3) is 0.455. The number of hydrazine groups is 1. The van der Waals surface area contributed by atoms with Crippen molar-refractivity contribution in [2.45, 2.75) is 91.5 Å². The summed E-state index contributed by atoms with van der Waals surface area (Å²) in [6, 6.07) is 10.3. The zero-order valence-electron chi connectivity index (χ0n) is 26.0. The predicted octanol–water partition coefficient (Wildman–Crippen LogP) is 4.37. The van der Waals surface area contributed by atoms with E-state index in [0.717, 1.165) is 16.1 Å². The van der Waals surface area contributed by atoms with Gasteiger partial charge in [0.15, 0.2) is 6.73 Å². The summed E-state index contributed by atoms with van der Waals surface area (Å²) in [5.41, 5.74) is 4.55. The Morgan fingerprint density at radius 1 is 1.09 bits per heavy atom. The van der Waals surface area contributed by atoms with Crippen molar-refractivity contribution in [3.63, 3.8) is 0 Å². The third-order valence-electron chi connectivity index (χ3n) is 7.92. The van der Waals surface area contributed by atoms with Crippen LogP contribution in [-0.4, -0.2) is 54.6 Å². The minimum absolute atomic E-state index is 0.00936. The van der Waals surface area contributed by atoms with Gasteiger partial charge in [0, 0.05) is 12.0 Å². The molecule has 0 saturated heterocycles. The van der Waals surface area contributed by atoms with Crippen LogP contribution in [0, 0.1) is 12.3 Å². The number of benzene rings is 2. The average molecular weight is 621 g/mol. The molecule has 1 heterocycles. The summed E-state index contributed by atoms with van der Waals surface area (Å²) >= 11 is 0. The van der Waals surface area contributed by atoms with E-state index >= 15 is 0 Å². The molecule has 3 N–H and O–H groups in total. The van der Waals surface area contributed by atoms with Crippen molar-refractivity contribution in [2.24, 2.45) is 5.41 Å². The summed E-state index contributed by atoms with van der Waals surface area (Å²) in [6.45, 7) is 6.56. The van der Waals surface area contributed by atoms with Crippen LogP contribution in [-0.2, 0) is 32.3 Å². The minimum atomic E-state index is -1.22. The summed E-state index contributed by atoms with van der Waals surface area (Å²) in [7, 11) is 0. The summed E-state index contributed by atoms with van der Waals surface area (Å²) < 4.78 is 6.69. The van der Waals surface area contributed by atoms with Gasteiger partial charge in [-0.3, -0.25) is 28.8 Å². The Morgan fingerprint density at radius 2 is 1.80 bits per heavy atom. The van der Waals surface area contributed by atoms with Crippen molar-refractivity contribution in [2.75, 3.05) is 0 Å². The number of hydrogen-bond acceptors (Lipinski definition) is 8. The molecule has 1 aliphatic carbocycles. The number of fused-ring (bicyclic) bond motifs is 2. The summed E-state index contributed by atoms with van der Waals surface area (Å²) in [6.07, 6.45) is 2.61. The van der Waals surface area contributed by atoms with E-state index in [-0.39, 0.29) is 25.1 Å². The van der Waals surface area contributed by atoms with Crippen LogP contribution in [0.4, 0.5) is 0 Å². The molecule has 0 bridgehead atoms. The number of nitrogens with one attached hydrogen (secondary N) is 1. The molecule has 0 saturated carbocycles. The van der Waals surface area contributed by atoms with Gasteiger partial charge >= 0.3 is 17.9 Å². The third kappa shape index (κ3) is 7.93. The molecule has 2 aromatic carbocycles. The van der Waals surface area contributed by atoms with Crippen LogP contribution in [0.5, 0.6) is 0 Å². The van der Waals surface area contributed by atoms with E-state index in [2.05, 4.69) is 10.4 Å². The molecule has 1 amide bonds. The highest BCUT2D eigenvalue weighted by atomic mass is 16.5. The molecule has 4 rings (SSSR count). The number of carbonyl (C=O) groups is 4. The molecule has 240 valence electrons. The summed E-state index contributed by atoms with van der Waals surface area (Å²) in [4.78, 5) is 67.6. The molecule has 0 spiro atoms. The molecule has 12 heteroatoms. The van der Waals surface area contributed by atoms with E-state index in [1.165, 1.54) is 4.57 Å². The highest BCUT2D eigenvalue weighted by Crippen LogP contribution is 2.34. The first-order valence-corrected chi connectivity index (χ1v) is 15.1. The van der Waals surface area contributed by atoms with Crippen molar-refractivity contribution >= 4 is 34.7 Å². The molecular weight excluding hydrogens is 580 g/mol. The largest absolute Gasteiger partial charge is 0.481 e. The number of esters is 1. The number of hydrogen-bond donors (Lipinski definition) is 3. The van der Waals surface area contributed by atoms with Crippen LogP contribution < -0.4 is 11.0 Å². The first-order valence-electron chi connectivity index (χ1n) is 15.1. The molecule has 0 fully saturated rings. The van der Waals surface area contributed by atoms with Crippen LogP contribution in [0.3, 0.4) is 0 Å². The molecule has 45 heavy (non-hydrogen) atoms. The molecule has 1 aliphatic rings. The van der Waals surface area contributed by atoms with E-state index in [0.29, 0.717) is 54.4 Å². The van der Waals surface area contributed by atoms with Gasteiger partial charge in [0.2, 0.25) is 0 Å². The van der Waals surface area contributed by atoms with E-state index in [1.54, 1.807) is 64.1 Å². The lowest BCUT2D eigenvalue weighted by atomic mass is 9.98. The Kier molecular flexibility index (Phi) is 10.4.